The van der Waals surface area contributed by atoms with Crippen molar-refractivity contribution in [3.63, 3.8) is 0 Å². The van der Waals surface area contributed by atoms with Crippen LogP contribution in [0, 0.1) is 11.8 Å². The van der Waals surface area contributed by atoms with Gasteiger partial charge in [0.15, 0.2) is 5.15 Å². The van der Waals surface area contributed by atoms with E-state index in [4.69, 9.17) is 11.6 Å². The highest BCUT2D eigenvalue weighted by Gasteiger charge is 2.20. The number of halogens is 1. The summed E-state index contributed by atoms with van der Waals surface area (Å²) in [6.07, 6.45) is 7.17. The summed E-state index contributed by atoms with van der Waals surface area (Å²) < 4.78 is 0. The van der Waals surface area contributed by atoms with E-state index in [2.05, 4.69) is 22.4 Å². The molecule has 2 unspecified atom stereocenters. The smallest absolute Gasteiger partial charge is 0.153 e. The van der Waals surface area contributed by atoms with Crippen molar-refractivity contribution in [3.05, 3.63) is 17.4 Å². The van der Waals surface area contributed by atoms with Crippen molar-refractivity contribution in [1.82, 2.24) is 10.2 Å². The Morgan fingerprint density at radius 3 is 3.00 bits per heavy atom. The van der Waals surface area contributed by atoms with Crippen molar-refractivity contribution in [3.8, 4) is 0 Å². The van der Waals surface area contributed by atoms with Gasteiger partial charge < -0.3 is 5.32 Å². The molecule has 0 radical (unpaired) electrons. The third-order valence-corrected chi connectivity index (χ3v) is 3.67. The highest BCUT2D eigenvalue weighted by atomic mass is 35.5. The monoisotopic (exact) mass is 239 g/mol. The first kappa shape index (κ1) is 11.6. The van der Waals surface area contributed by atoms with Crippen molar-refractivity contribution in [2.24, 2.45) is 11.8 Å². The van der Waals surface area contributed by atoms with Gasteiger partial charge in [-0.25, -0.2) is 0 Å². The second-order valence-corrected chi connectivity index (χ2v) is 5.06. The molecule has 3 nitrogen and oxygen atoms in total. The average molecular weight is 240 g/mol. The molecular formula is C12H18ClN3. The quantitative estimate of drug-likeness (QED) is 0.879. The maximum Gasteiger partial charge on any atom is 0.153 e. The van der Waals surface area contributed by atoms with Crippen molar-refractivity contribution in [1.29, 1.82) is 0 Å². The van der Waals surface area contributed by atoms with Gasteiger partial charge in [-0.3, -0.25) is 0 Å². The molecule has 0 spiro atoms. The highest BCUT2D eigenvalue weighted by molar-refractivity contribution is 6.29. The molecule has 0 amide bonds. The Labute approximate surface area is 102 Å². The van der Waals surface area contributed by atoms with Crippen LogP contribution < -0.4 is 5.32 Å². The molecule has 1 fully saturated rings. The standard InChI is InChI=1S/C12H18ClN3/c1-9-4-2-3-5-10(9)7-14-11-6-12(13)16-15-8-11/h6,8-10H,2-5,7H2,1H3,(H,14,16). The number of nitrogens with one attached hydrogen (secondary N) is 1. The Morgan fingerprint density at radius 1 is 1.44 bits per heavy atom. The molecule has 0 bridgehead atoms. The molecule has 1 aliphatic rings. The predicted octanol–water partition coefficient (Wildman–Crippen LogP) is 3.37. The maximum atomic E-state index is 5.78. The SMILES string of the molecule is CC1CCCCC1CNc1cnnc(Cl)c1. The van der Waals surface area contributed by atoms with E-state index in [1.165, 1.54) is 25.7 Å². The summed E-state index contributed by atoms with van der Waals surface area (Å²) in [6.45, 7) is 3.37. The van der Waals surface area contributed by atoms with Crippen molar-refractivity contribution < 1.29 is 0 Å². The first-order valence-corrected chi connectivity index (χ1v) is 6.35. The molecule has 1 N–H and O–H groups in total. The van der Waals surface area contributed by atoms with Gasteiger partial charge in [-0.2, -0.15) is 5.10 Å². The topological polar surface area (TPSA) is 37.8 Å². The van der Waals surface area contributed by atoms with Crippen LogP contribution in [-0.4, -0.2) is 16.7 Å². The highest BCUT2D eigenvalue weighted by Crippen LogP contribution is 2.29. The lowest BCUT2D eigenvalue weighted by Gasteiger charge is -2.29. The summed E-state index contributed by atoms with van der Waals surface area (Å²) in [7, 11) is 0. The van der Waals surface area contributed by atoms with Crippen LogP contribution in [0.1, 0.15) is 32.6 Å². The summed E-state index contributed by atoms with van der Waals surface area (Å²) in [6, 6.07) is 1.82. The van der Waals surface area contributed by atoms with Crippen LogP contribution in [0.5, 0.6) is 0 Å². The van der Waals surface area contributed by atoms with Crippen LogP contribution in [0.2, 0.25) is 5.15 Å². The van der Waals surface area contributed by atoms with Crippen LogP contribution >= 0.6 is 11.6 Å². The Bertz CT molecular complexity index is 343. The molecule has 16 heavy (non-hydrogen) atoms. The summed E-state index contributed by atoms with van der Waals surface area (Å²) >= 11 is 5.78. The van der Waals surface area contributed by atoms with Crippen LogP contribution in [-0.2, 0) is 0 Å². The molecule has 2 rings (SSSR count). The number of hydrogen-bond donors (Lipinski definition) is 1. The zero-order valence-corrected chi connectivity index (χ0v) is 10.4. The van der Waals surface area contributed by atoms with Crippen molar-refractivity contribution in [2.75, 3.05) is 11.9 Å². The summed E-state index contributed by atoms with van der Waals surface area (Å²) in [5.41, 5.74) is 0.970. The van der Waals surface area contributed by atoms with E-state index in [-0.39, 0.29) is 0 Å². The van der Waals surface area contributed by atoms with Crippen LogP contribution in [0.4, 0.5) is 5.69 Å². The van der Waals surface area contributed by atoms with Gasteiger partial charge in [-0.15, -0.1) is 5.10 Å². The van der Waals surface area contributed by atoms with E-state index >= 15 is 0 Å². The minimum Gasteiger partial charge on any atom is -0.383 e. The van der Waals surface area contributed by atoms with Gasteiger partial charge >= 0.3 is 0 Å². The average Bonchev–Trinajstić information content (AvgIpc) is 2.28. The van der Waals surface area contributed by atoms with Gasteiger partial charge in [0.1, 0.15) is 0 Å². The molecule has 1 aromatic rings. The summed E-state index contributed by atoms with van der Waals surface area (Å²) in [4.78, 5) is 0. The lowest BCUT2D eigenvalue weighted by molar-refractivity contribution is 0.268. The summed E-state index contributed by atoms with van der Waals surface area (Å²) in [5.74, 6) is 1.60. The fourth-order valence-corrected chi connectivity index (χ4v) is 2.54. The third-order valence-electron chi connectivity index (χ3n) is 3.48. The third kappa shape index (κ3) is 3.08. The Balaban J connectivity index is 1.86. The molecule has 1 heterocycles. The Hall–Kier alpha value is -0.830. The fraction of sp³-hybridized carbons (Fsp3) is 0.667. The molecule has 88 valence electrons. The van der Waals surface area contributed by atoms with E-state index in [9.17, 15) is 0 Å². The molecule has 4 heteroatoms. The van der Waals surface area contributed by atoms with Crippen LogP contribution in [0.15, 0.2) is 12.3 Å². The molecule has 1 aromatic heterocycles. The first-order valence-electron chi connectivity index (χ1n) is 5.98. The zero-order valence-electron chi connectivity index (χ0n) is 9.62. The van der Waals surface area contributed by atoms with E-state index < -0.39 is 0 Å². The fourth-order valence-electron chi connectivity index (χ4n) is 2.38. The minimum absolute atomic E-state index is 0.446. The zero-order chi connectivity index (χ0) is 11.4. The summed E-state index contributed by atoms with van der Waals surface area (Å²) in [5, 5.41) is 11.4. The van der Waals surface area contributed by atoms with E-state index in [0.717, 1.165) is 24.1 Å². The lowest BCUT2D eigenvalue weighted by atomic mass is 9.80. The molecule has 0 aliphatic heterocycles. The largest absolute Gasteiger partial charge is 0.383 e. The number of rotatable bonds is 3. The molecule has 0 aromatic carbocycles. The predicted molar refractivity (Wildman–Crippen MR) is 66.7 cm³/mol. The number of aromatic nitrogens is 2. The van der Waals surface area contributed by atoms with Crippen LogP contribution in [0.3, 0.4) is 0 Å². The van der Waals surface area contributed by atoms with Gasteiger partial charge in [0.05, 0.1) is 11.9 Å². The van der Waals surface area contributed by atoms with Gasteiger partial charge in [-0.05, 0) is 18.3 Å². The molecule has 1 saturated carbocycles. The normalized spacial score (nSPS) is 25.4. The second-order valence-electron chi connectivity index (χ2n) is 4.67. The number of hydrogen-bond acceptors (Lipinski definition) is 3. The molecule has 2 atom stereocenters. The van der Waals surface area contributed by atoms with Gasteiger partial charge in [0.25, 0.3) is 0 Å². The van der Waals surface area contributed by atoms with E-state index in [0.29, 0.717) is 5.15 Å². The second kappa shape index (κ2) is 5.48. The van der Waals surface area contributed by atoms with Crippen molar-refractivity contribution in [2.45, 2.75) is 32.6 Å². The number of nitrogens with zero attached hydrogens (tertiary/aromatic N) is 2. The van der Waals surface area contributed by atoms with E-state index in [1.807, 2.05) is 6.07 Å². The van der Waals surface area contributed by atoms with E-state index in [1.54, 1.807) is 6.20 Å². The van der Waals surface area contributed by atoms with Crippen LogP contribution in [0.25, 0.3) is 0 Å². The number of anilines is 1. The Kier molecular flexibility index (Phi) is 3.99. The van der Waals surface area contributed by atoms with Crippen molar-refractivity contribution >= 4 is 17.3 Å². The van der Waals surface area contributed by atoms with Gasteiger partial charge in [0.2, 0.25) is 0 Å². The van der Waals surface area contributed by atoms with Gasteiger partial charge in [-0.1, -0.05) is 37.8 Å². The Morgan fingerprint density at radius 2 is 2.25 bits per heavy atom. The minimum atomic E-state index is 0.446. The molecule has 1 aliphatic carbocycles. The first-order chi connectivity index (χ1) is 7.75. The van der Waals surface area contributed by atoms with Gasteiger partial charge in [0, 0.05) is 12.6 Å². The molecule has 0 saturated heterocycles. The maximum absolute atomic E-state index is 5.78. The lowest BCUT2D eigenvalue weighted by Crippen LogP contribution is -2.24. The molecular weight excluding hydrogens is 222 g/mol.